The van der Waals surface area contributed by atoms with Crippen LogP contribution in [0.1, 0.15) is 36.5 Å². The molecule has 0 bridgehead atoms. The number of aryl methyl sites for hydroxylation is 3. The number of benzene rings is 2. The molecule has 2 aromatic carbocycles. The van der Waals surface area contributed by atoms with Crippen LogP contribution in [0, 0.1) is 13.8 Å². The molecule has 0 saturated heterocycles. The number of unbranched alkanes of at least 4 members (excludes halogenated alkanes) is 1. The number of amides is 2. The molecule has 2 amide bonds. The van der Waals surface area contributed by atoms with Gasteiger partial charge in [-0.25, -0.2) is 4.90 Å². The first-order chi connectivity index (χ1) is 12.9. The van der Waals surface area contributed by atoms with Crippen LogP contribution in [0.4, 0.5) is 11.4 Å². The van der Waals surface area contributed by atoms with Crippen molar-refractivity contribution in [2.24, 2.45) is 0 Å². The average molecular weight is 383 g/mol. The summed E-state index contributed by atoms with van der Waals surface area (Å²) in [6, 6.07) is 13.4. The van der Waals surface area contributed by atoms with E-state index in [0.29, 0.717) is 5.69 Å². The van der Waals surface area contributed by atoms with E-state index >= 15 is 0 Å². The molecular weight excluding hydrogens is 360 g/mol. The summed E-state index contributed by atoms with van der Waals surface area (Å²) in [4.78, 5) is 26.6. The zero-order chi connectivity index (χ0) is 19.6. The van der Waals surface area contributed by atoms with E-state index in [4.69, 9.17) is 11.6 Å². The van der Waals surface area contributed by atoms with Crippen LogP contribution in [0.25, 0.3) is 0 Å². The molecule has 1 N–H and O–H groups in total. The van der Waals surface area contributed by atoms with E-state index < -0.39 is 11.8 Å². The highest BCUT2D eigenvalue weighted by Gasteiger charge is 2.39. The highest BCUT2D eigenvalue weighted by Crippen LogP contribution is 2.31. The maximum atomic E-state index is 12.9. The smallest absolute Gasteiger partial charge is 0.283 e. The van der Waals surface area contributed by atoms with Gasteiger partial charge in [-0.1, -0.05) is 49.2 Å². The summed E-state index contributed by atoms with van der Waals surface area (Å²) >= 11 is 6.22. The van der Waals surface area contributed by atoms with Gasteiger partial charge in [0.15, 0.2) is 0 Å². The minimum absolute atomic E-state index is 0.0871. The van der Waals surface area contributed by atoms with Crippen molar-refractivity contribution in [2.45, 2.75) is 40.0 Å². The van der Waals surface area contributed by atoms with Crippen LogP contribution >= 0.6 is 11.6 Å². The number of halogens is 1. The summed E-state index contributed by atoms with van der Waals surface area (Å²) in [6.45, 7) is 6.05. The highest BCUT2D eigenvalue weighted by atomic mass is 35.5. The van der Waals surface area contributed by atoms with Gasteiger partial charge < -0.3 is 5.32 Å². The van der Waals surface area contributed by atoms with Crippen molar-refractivity contribution >= 4 is 34.8 Å². The third-order valence-electron chi connectivity index (χ3n) is 4.69. The fourth-order valence-electron chi connectivity index (χ4n) is 3.04. The van der Waals surface area contributed by atoms with Gasteiger partial charge in [0, 0.05) is 5.69 Å². The molecule has 1 aliphatic rings. The minimum Gasteiger partial charge on any atom is -0.349 e. The van der Waals surface area contributed by atoms with Crippen molar-refractivity contribution in [3.05, 3.63) is 69.9 Å². The van der Waals surface area contributed by atoms with Crippen molar-refractivity contribution in [3.8, 4) is 0 Å². The summed E-state index contributed by atoms with van der Waals surface area (Å²) in [5.74, 6) is -0.942. The topological polar surface area (TPSA) is 49.4 Å². The van der Waals surface area contributed by atoms with Gasteiger partial charge >= 0.3 is 0 Å². The van der Waals surface area contributed by atoms with Crippen molar-refractivity contribution in [1.29, 1.82) is 0 Å². The second kappa shape index (κ2) is 7.97. The average Bonchev–Trinajstić information content (AvgIpc) is 2.87. The molecule has 27 heavy (non-hydrogen) atoms. The van der Waals surface area contributed by atoms with E-state index in [9.17, 15) is 9.59 Å². The Morgan fingerprint density at radius 1 is 1.00 bits per heavy atom. The molecule has 1 heterocycles. The summed E-state index contributed by atoms with van der Waals surface area (Å²) in [7, 11) is 0. The van der Waals surface area contributed by atoms with Gasteiger partial charge in [0.05, 0.1) is 5.69 Å². The number of imide groups is 1. The molecule has 0 aliphatic carbocycles. The summed E-state index contributed by atoms with van der Waals surface area (Å²) < 4.78 is 0. The van der Waals surface area contributed by atoms with Gasteiger partial charge in [-0.3, -0.25) is 9.59 Å². The summed E-state index contributed by atoms with van der Waals surface area (Å²) in [5.41, 5.74) is 4.62. The Morgan fingerprint density at radius 3 is 2.37 bits per heavy atom. The summed E-state index contributed by atoms with van der Waals surface area (Å²) in [5, 5.41) is 2.97. The Balaban J connectivity index is 1.84. The molecule has 140 valence electrons. The van der Waals surface area contributed by atoms with E-state index in [-0.39, 0.29) is 10.7 Å². The third kappa shape index (κ3) is 3.91. The second-order valence-electron chi connectivity index (χ2n) is 6.85. The van der Waals surface area contributed by atoms with Gasteiger partial charge in [0.25, 0.3) is 11.8 Å². The van der Waals surface area contributed by atoms with Crippen molar-refractivity contribution < 1.29 is 9.59 Å². The Kier molecular flexibility index (Phi) is 5.66. The molecule has 0 atom stereocenters. The fourth-order valence-corrected chi connectivity index (χ4v) is 3.26. The van der Waals surface area contributed by atoms with Crippen LogP contribution in [0.5, 0.6) is 0 Å². The predicted molar refractivity (Wildman–Crippen MR) is 110 cm³/mol. The first-order valence-corrected chi connectivity index (χ1v) is 9.52. The number of nitrogens with one attached hydrogen (secondary N) is 1. The number of carbonyl (C=O) groups is 2. The number of anilines is 2. The molecule has 0 radical (unpaired) electrons. The number of hydrogen-bond acceptors (Lipinski definition) is 3. The lowest BCUT2D eigenvalue weighted by atomic mass is 10.1. The normalized spacial score (nSPS) is 14.3. The van der Waals surface area contributed by atoms with Crippen molar-refractivity contribution in [2.75, 3.05) is 10.2 Å². The van der Waals surface area contributed by atoms with Crippen LogP contribution in [-0.2, 0) is 16.0 Å². The Labute approximate surface area is 164 Å². The Morgan fingerprint density at radius 2 is 1.70 bits per heavy atom. The van der Waals surface area contributed by atoms with E-state index in [1.165, 1.54) is 5.56 Å². The predicted octanol–water partition coefficient (Wildman–Crippen LogP) is 5.08. The minimum atomic E-state index is -0.504. The molecular formula is C22H23ClN2O2. The quantitative estimate of drug-likeness (QED) is 0.708. The molecule has 0 saturated carbocycles. The van der Waals surface area contributed by atoms with Crippen molar-refractivity contribution in [1.82, 2.24) is 0 Å². The van der Waals surface area contributed by atoms with Gasteiger partial charge in [-0.2, -0.15) is 0 Å². The Bertz CT molecular complexity index is 916. The summed E-state index contributed by atoms with van der Waals surface area (Å²) in [6.07, 6.45) is 3.22. The number of rotatable bonds is 6. The molecule has 0 aromatic heterocycles. The number of carbonyl (C=O) groups excluding carboxylic acids is 2. The van der Waals surface area contributed by atoms with E-state index in [1.807, 2.05) is 44.2 Å². The van der Waals surface area contributed by atoms with E-state index in [0.717, 1.165) is 41.0 Å². The lowest BCUT2D eigenvalue weighted by Gasteiger charge is -2.16. The maximum absolute atomic E-state index is 12.9. The SMILES string of the molecule is CCCCc1ccc(N2C(=O)C(Cl)=C(Nc3cc(C)ccc3C)C2=O)cc1. The first kappa shape index (κ1) is 19.2. The lowest BCUT2D eigenvalue weighted by Crippen LogP contribution is -2.32. The largest absolute Gasteiger partial charge is 0.349 e. The fraction of sp³-hybridized carbons (Fsp3) is 0.273. The molecule has 4 nitrogen and oxygen atoms in total. The van der Waals surface area contributed by atoms with Crippen LogP contribution in [0.2, 0.25) is 0 Å². The molecule has 0 fully saturated rings. The van der Waals surface area contributed by atoms with Crippen LogP contribution < -0.4 is 10.2 Å². The van der Waals surface area contributed by atoms with Gasteiger partial charge in [0.2, 0.25) is 0 Å². The molecule has 5 heteroatoms. The molecule has 0 spiro atoms. The van der Waals surface area contributed by atoms with E-state index in [2.05, 4.69) is 12.2 Å². The first-order valence-electron chi connectivity index (χ1n) is 9.14. The second-order valence-corrected chi connectivity index (χ2v) is 7.23. The van der Waals surface area contributed by atoms with Crippen LogP contribution in [-0.4, -0.2) is 11.8 Å². The Hall–Kier alpha value is -2.59. The van der Waals surface area contributed by atoms with E-state index in [1.54, 1.807) is 12.1 Å². The third-order valence-corrected chi connectivity index (χ3v) is 5.04. The molecule has 3 rings (SSSR count). The van der Waals surface area contributed by atoms with Crippen LogP contribution in [0.15, 0.2) is 53.2 Å². The van der Waals surface area contributed by atoms with Crippen molar-refractivity contribution in [3.63, 3.8) is 0 Å². The van der Waals surface area contributed by atoms with Gasteiger partial charge in [-0.05, 0) is 61.6 Å². The van der Waals surface area contributed by atoms with Gasteiger partial charge in [0.1, 0.15) is 10.7 Å². The zero-order valence-electron chi connectivity index (χ0n) is 15.8. The number of nitrogens with zero attached hydrogens (tertiary/aromatic N) is 1. The zero-order valence-corrected chi connectivity index (χ0v) is 16.6. The standard InChI is InChI=1S/C22H23ClN2O2/c1-4-5-6-16-9-11-17(12-10-16)25-21(26)19(23)20(22(25)27)24-18-13-14(2)7-8-15(18)3/h7-13,24H,4-6H2,1-3H3. The highest BCUT2D eigenvalue weighted by molar-refractivity contribution is 6.53. The number of hydrogen-bond donors (Lipinski definition) is 1. The van der Waals surface area contributed by atoms with Crippen LogP contribution in [0.3, 0.4) is 0 Å². The monoisotopic (exact) mass is 382 g/mol. The molecule has 2 aromatic rings. The lowest BCUT2D eigenvalue weighted by molar-refractivity contribution is -0.120. The molecule has 0 unspecified atom stereocenters. The maximum Gasteiger partial charge on any atom is 0.283 e. The van der Waals surface area contributed by atoms with Gasteiger partial charge in [-0.15, -0.1) is 0 Å². The molecule has 1 aliphatic heterocycles.